The second-order valence-corrected chi connectivity index (χ2v) is 5.61. The van der Waals surface area contributed by atoms with Gasteiger partial charge in [-0.3, -0.25) is 0 Å². The molecule has 1 heterocycles. The third kappa shape index (κ3) is 2.28. The maximum Gasteiger partial charge on any atom is 0.133 e. The lowest BCUT2D eigenvalue weighted by Gasteiger charge is -2.28. The second kappa shape index (κ2) is 4.63. The molecule has 2 unspecified atom stereocenters. The van der Waals surface area contributed by atoms with Gasteiger partial charge in [0.05, 0.1) is 0 Å². The van der Waals surface area contributed by atoms with E-state index in [9.17, 15) is 0 Å². The predicted octanol–water partition coefficient (Wildman–Crippen LogP) is 2.96. The van der Waals surface area contributed by atoms with Gasteiger partial charge in [0, 0.05) is 17.3 Å². The van der Waals surface area contributed by atoms with Gasteiger partial charge in [-0.05, 0) is 38.0 Å². The third-order valence-corrected chi connectivity index (χ3v) is 4.15. The molecule has 0 radical (unpaired) electrons. The smallest absolute Gasteiger partial charge is 0.133 e. The largest absolute Gasteiger partial charge is 0.367 e. The van der Waals surface area contributed by atoms with Gasteiger partial charge < -0.3 is 5.32 Å². The molecule has 3 nitrogen and oxygen atoms in total. The summed E-state index contributed by atoms with van der Waals surface area (Å²) in [6.07, 6.45) is 10.6. The molecular formula is C14H21N3. The van der Waals surface area contributed by atoms with Crippen molar-refractivity contribution in [3.63, 3.8) is 0 Å². The van der Waals surface area contributed by atoms with E-state index in [0.717, 1.165) is 24.6 Å². The monoisotopic (exact) mass is 231 g/mol. The van der Waals surface area contributed by atoms with Crippen molar-refractivity contribution in [1.29, 1.82) is 0 Å². The molecular weight excluding hydrogens is 210 g/mol. The van der Waals surface area contributed by atoms with Crippen LogP contribution in [0.3, 0.4) is 0 Å². The van der Waals surface area contributed by atoms with Crippen molar-refractivity contribution in [2.75, 3.05) is 5.32 Å². The Bertz CT molecular complexity index is 402. The molecule has 0 aromatic carbocycles. The zero-order chi connectivity index (χ0) is 11.7. The van der Waals surface area contributed by atoms with Crippen molar-refractivity contribution < 1.29 is 0 Å². The van der Waals surface area contributed by atoms with Crippen LogP contribution < -0.4 is 5.32 Å². The van der Waals surface area contributed by atoms with E-state index in [4.69, 9.17) is 0 Å². The van der Waals surface area contributed by atoms with Crippen LogP contribution in [-0.2, 0) is 12.8 Å². The van der Waals surface area contributed by atoms with Crippen LogP contribution in [0.5, 0.6) is 0 Å². The molecule has 1 saturated carbocycles. The zero-order valence-electron chi connectivity index (χ0n) is 10.6. The Balaban J connectivity index is 1.74. The van der Waals surface area contributed by atoms with Crippen molar-refractivity contribution in [2.24, 2.45) is 5.92 Å². The van der Waals surface area contributed by atoms with Crippen LogP contribution in [0.25, 0.3) is 0 Å². The topological polar surface area (TPSA) is 37.8 Å². The minimum atomic E-state index is 0.623. The normalized spacial score (nSPS) is 27.8. The number of nitrogens with one attached hydrogen (secondary N) is 1. The van der Waals surface area contributed by atoms with Crippen LogP contribution in [-0.4, -0.2) is 16.0 Å². The SMILES string of the molecule is CC1CCCC(Nc2ncnc3c2CCC3)C1. The van der Waals surface area contributed by atoms with E-state index in [0.29, 0.717) is 6.04 Å². The summed E-state index contributed by atoms with van der Waals surface area (Å²) in [5.74, 6) is 1.97. The van der Waals surface area contributed by atoms with Crippen LogP contribution in [0.15, 0.2) is 6.33 Å². The molecule has 92 valence electrons. The summed E-state index contributed by atoms with van der Waals surface area (Å²) < 4.78 is 0. The van der Waals surface area contributed by atoms with E-state index >= 15 is 0 Å². The highest BCUT2D eigenvalue weighted by atomic mass is 15.0. The van der Waals surface area contributed by atoms with Gasteiger partial charge in [0.15, 0.2) is 0 Å². The highest BCUT2D eigenvalue weighted by Gasteiger charge is 2.22. The summed E-state index contributed by atoms with van der Waals surface area (Å²) in [5.41, 5.74) is 2.65. The average molecular weight is 231 g/mol. The Kier molecular flexibility index (Phi) is 3.00. The zero-order valence-corrected chi connectivity index (χ0v) is 10.6. The first-order valence-electron chi connectivity index (χ1n) is 6.92. The number of hydrogen-bond acceptors (Lipinski definition) is 3. The summed E-state index contributed by atoms with van der Waals surface area (Å²) in [7, 11) is 0. The number of anilines is 1. The number of hydrogen-bond donors (Lipinski definition) is 1. The number of nitrogens with zero attached hydrogens (tertiary/aromatic N) is 2. The highest BCUT2D eigenvalue weighted by molar-refractivity contribution is 5.48. The molecule has 3 rings (SSSR count). The maximum atomic E-state index is 4.45. The van der Waals surface area contributed by atoms with Crippen LogP contribution in [0.1, 0.15) is 50.3 Å². The van der Waals surface area contributed by atoms with E-state index in [1.54, 1.807) is 6.33 Å². The molecule has 0 spiro atoms. The molecule has 2 aliphatic rings. The molecule has 0 bridgehead atoms. The van der Waals surface area contributed by atoms with Crippen molar-refractivity contribution in [2.45, 2.75) is 57.9 Å². The fourth-order valence-corrected chi connectivity index (χ4v) is 3.24. The quantitative estimate of drug-likeness (QED) is 0.850. The molecule has 17 heavy (non-hydrogen) atoms. The lowest BCUT2D eigenvalue weighted by Crippen LogP contribution is -2.27. The van der Waals surface area contributed by atoms with Crippen LogP contribution in [0, 0.1) is 5.92 Å². The summed E-state index contributed by atoms with van der Waals surface area (Å²) in [6, 6.07) is 0.623. The number of aryl methyl sites for hydroxylation is 1. The Morgan fingerprint density at radius 3 is 3.00 bits per heavy atom. The molecule has 2 atom stereocenters. The predicted molar refractivity (Wildman–Crippen MR) is 69.1 cm³/mol. The minimum Gasteiger partial charge on any atom is -0.367 e. The van der Waals surface area contributed by atoms with Gasteiger partial charge in [-0.25, -0.2) is 9.97 Å². The van der Waals surface area contributed by atoms with Crippen LogP contribution >= 0.6 is 0 Å². The highest BCUT2D eigenvalue weighted by Crippen LogP contribution is 2.29. The van der Waals surface area contributed by atoms with E-state index in [1.165, 1.54) is 43.4 Å². The first-order valence-corrected chi connectivity index (χ1v) is 6.92. The van der Waals surface area contributed by atoms with E-state index in [2.05, 4.69) is 22.2 Å². The third-order valence-electron chi connectivity index (χ3n) is 4.15. The molecule has 2 aliphatic carbocycles. The molecule has 1 N–H and O–H groups in total. The molecule has 3 heteroatoms. The van der Waals surface area contributed by atoms with Crippen molar-refractivity contribution in [1.82, 2.24) is 9.97 Å². The van der Waals surface area contributed by atoms with Gasteiger partial charge >= 0.3 is 0 Å². The van der Waals surface area contributed by atoms with Gasteiger partial charge in [-0.2, -0.15) is 0 Å². The molecule has 1 fully saturated rings. The Morgan fingerprint density at radius 2 is 2.12 bits per heavy atom. The molecule has 1 aromatic rings. The second-order valence-electron chi connectivity index (χ2n) is 5.61. The van der Waals surface area contributed by atoms with Crippen molar-refractivity contribution in [3.05, 3.63) is 17.6 Å². The maximum absolute atomic E-state index is 4.45. The van der Waals surface area contributed by atoms with E-state index in [1.807, 2.05) is 0 Å². The van der Waals surface area contributed by atoms with Crippen molar-refractivity contribution >= 4 is 5.82 Å². The summed E-state index contributed by atoms with van der Waals surface area (Å²) in [4.78, 5) is 8.82. The van der Waals surface area contributed by atoms with Crippen LogP contribution in [0.4, 0.5) is 5.82 Å². The molecule has 0 amide bonds. The van der Waals surface area contributed by atoms with Gasteiger partial charge in [0.2, 0.25) is 0 Å². The van der Waals surface area contributed by atoms with E-state index in [-0.39, 0.29) is 0 Å². The molecule has 1 aromatic heterocycles. The Morgan fingerprint density at radius 1 is 1.18 bits per heavy atom. The van der Waals surface area contributed by atoms with Gasteiger partial charge in [0.1, 0.15) is 12.1 Å². The van der Waals surface area contributed by atoms with Gasteiger partial charge in [0.25, 0.3) is 0 Å². The van der Waals surface area contributed by atoms with Crippen LogP contribution in [0.2, 0.25) is 0 Å². The van der Waals surface area contributed by atoms with Crippen molar-refractivity contribution in [3.8, 4) is 0 Å². The number of rotatable bonds is 2. The molecule has 0 aliphatic heterocycles. The summed E-state index contributed by atoms with van der Waals surface area (Å²) in [5, 5.41) is 3.66. The Labute approximate surface area is 103 Å². The fraction of sp³-hybridized carbons (Fsp3) is 0.714. The number of fused-ring (bicyclic) bond motifs is 1. The van der Waals surface area contributed by atoms with Gasteiger partial charge in [-0.15, -0.1) is 0 Å². The van der Waals surface area contributed by atoms with E-state index < -0.39 is 0 Å². The fourth-order valence-electron chi connectivity index (χ4n) is 3.24. The summed E-state index contributed by atoms with van der Waals surface area (Å²) >= 11 is 0. The number of aromatic nitrogens is 2. The average Bonchev–Trinajstić information content (AvgIpc) is 2.78. The standard InChI is InChI=1S/C14H21N3/c1-10-4-2-5-11(8-10)17-14-12-6-3-7-13(12)15-9-16-14/h9-11H,2-8H2,1H3,(H,15,16,17). The van der Waals surface area contributed by atoms with Gasteiger partial charge in [-0.1, -0.05) is 19.8 Å². The lowest BCUT2D eigenvalue weighted by atomic mass is 9.87. The lowest BCUT2D eigenvalue weighted by molar-refractivity contribution is 0.358. The first kappa shape index (κ1) is 11.0. The summed E-state index contributed by atoms with van der Waals surface area (Å²) in [6.45, 7) is 2.36. The molecule has 0 saturated heterocycles. The minimum absolute atomic E-state index is 0.623. The Hall–Kier alpha value is -1.12. The first-order chi connectivity index (χ1) is 8.33.